The molecule has 7 heteroatoms. The fourth-order valence-electron chi connectivity index (χ4n) is 1.52. The van der Waals surface area contributed by atoms with Gasteiger partial charge < -0.3 is 9.64 Å². The van der Waals surface area contributed by atoms with Gasteiger partial charge in [0.15, 0.2) is 0 Å². The first-order valence-electron chi connectivity index (χ1n) is 5.07. The molecule has 94 valence electrons. The van der Waals surface area contributed by atoms with Gasteiger partial charge in [0.2, 0.25) is 5.91 Å². The molecule has 0 aromatic carbocycles. The summed E-state index contributed by atoms with van der Waals surface area (Å²) in [5.74, 6) is 0.0160. The first-order valence-corrected chi connectivity index (χ1v) is 6.22. The standard InChI is InChI=1S/C9H17NO5S/c1-12-7-9(11)10-5-3-8(4-6-10)13-14-15-16-2/h8H,3-7H2,1-2H3. The summed E-state index contributed by atoms with van der Waals surface area (Å²) in [6.07, 6.45) is 3.20. The minimum atomic E-state index is -0.0151. The van der Waals surface area contributed by atoms with Gasteiger partial charge in [0.05, 0.1) is 6.10 Å². The van der Waals surface area contributed by atoms with E-state index < -0.39 is 0 Å². The van der Waals surface area contributed by atoms with Crippen LogP contribution in [0.25, 0.3) is 0 Å². The lowest BCUT2D eigenvalue weighted by Gasteiger charge is -2.30. The molecule has 0 N–H and O–H groups in total. The van der Waals surface area contributed by atoms with Crippen molar-refractivity contribution in [2.75, 3.05) is 33.1 Å². The molecule has 0 saturated carbocycles. The minimum absolute atomic E-state index is 0.0151. The van der Waals surface area contributed by atoms with Gasteiger partial charge in [-0.2, -0.15) is 0 Å². The molecule has 1 heterocycles. The van der Waals surface area contributed by atoms with Gasteiger partial charge >= 0.3 is 0 Å². The van der Waals surface area contributed by atoms with Crippen molar-refractivity contribution < 1.29 is 23.8 Å². The number of likely N-dealkylation sites (tertiary alicyclic amines) is 1. The Morgan fingerprint density at radius 2 is 2.12 bits per heavy atom. The van der Waals surface area contributed by atoms with Crippen molar-refractivity contribution in [1.82, 2.24) is 4.90 Å². The van der Waals surface area contributed by atoms with Crippen molar-refractivity contribution in [3.8, 4) is 0 Å². The van der Waals surface area contributed by atoms with Crippen LogP contribution in [0.2, 0.25) is 0 Å². The Kier molecular flexibility index (Phi) is 6.74. The number of amides is 1. The van der Waals surface area contributed by atoms with Gasteiger partial charge in [-0.15, -0.1) is 4.33 Å². The highest BCUT2D eigenvalue weighted by Gasteiger charge is 2.23. The molecule has 6 nitrogen and oxygen atoms in total. The number of methoxy groups -OCH3 is 1. The van der Waals surface area contributed by atoms with Crippen molar-refractivity contribution in [3.05, 3.63) is 0 Å². The number of piperidine rings is 1. The van der Waals surface area contributed by atoms with E-state index in [1.807, 2.05) is 0 Å². The van der Waals surface area contributed by atoms with Crippen molar-refractivity contribution in [1.29, 1.82) is 0 Å². The Hall–Kier alpha value is -0.340. The Balaban J connectivity index is 2.15. The van der Waals surface area contributed by atoms with E-state index in [4.69, 9.17) is 9.62 Å². The minimum Gasteiger partial charge on any atom is -0.375 e. The second-order valence-corrected chi connectivity index (χ2v) is 3.88. The first kappa shape index (κ1) is 13.7. The second kappa shape index (κ2) is 7.86. The molecule has 1 aliphatic rings. The lowest BCUT2D eigenvalue weighted by atomic mass is 10.1. The van der Waals surface area contributed by atoms with E-state index in [1.165, 1.54) is 7.11 Å². The molecule has 1 fully saturated rings. The van der Waals surface area contributed by atoms with Crippen LogP contribution in [0, 0.1) is 0 Å². The zero-order valence-corrected chi connectivity index (χ0v) is 10.3. The van der Waals surface area contributed by atoms with Crippen LogP contribution in [0.15, 0.2) is 0 Å². The average Bonchev–Trinajstić information content (AvgIpc) is 2.30. The molecule has 1 amide bonds. The maximum absolute atomic E-state index is 11.5. The van der Waals surface area contributed by atoms with Crippen molar-refractivity contribution in [3.63, 3.8) is 0 Å². The topological polar surface area (TPSA) is 57.2 Å². The van der Waals surface area contributed by atoms with E-state index in [9.17, 15) is 4.79 Å². The zero-order chi connectivity index (χ0) is 11.8. The summed E-state index contributed by atoms with van der Waals surface area (Å²) in [5.41, 5.74) is 0. The predicted octanol–water partition coefficient (Wildman–Crippen LogP) is 0.782. The molecule has 0 radical (unpaired) electrons. The first-order chi connectivity index (χ1) is 7.77. The zero-order valence-electron chi connectivity index (χ0n) is 9.51. The molecule has 0 unspecified atom stereocenters. The molecule has 0 aromatic heterocycles. The summed E-state index contributed by atoms with van der Waals surface area (Å²) >= 11 is 1.07. The van der Waals surface area contributed by atoms with Crippen molar-refractivity contribution >= 4 is 17.9 Å². The Morgan fingerprint density at radius 1 is 1.44 bits per heavy atom. The summed E-state index contributed by atoms with van der Waals surface area (Å²) in [4.78, 5) is 18.2. The molecule has 0 aliphatic carbocycles. The number of carbonyl (C=O) groups excluding carboxylic acids is 1. The fourth-order valence-corrected chi connectivity index (χ4v) is 1.60. The van der Waals surface area contributed by atoms with Gasteiger partial charge in [0, 0.05) is 38.5 Å². The number of carbonyl (C=O) groups is 1. The van der Waals surface area contributed by atoms with Crippen LogP contribution in [0.4, 0.5) is 0 Å². The van der Waals surface area contributed by atoms with Crippen LogP contribution in [-0.4, -0.2) is 50.0 Å². The van der Waals surface area contributed by atoms with Gasteiger partial charge in [0.25, 0.3) is 0 Å². The molecule has 1 rings (SSSR count). The third-order valence-corrected chi connectivity index (χ3v) is 2.53. The molecular formula is C9H17NO5S. The summed E-state index contributed by atoms with van der Waals surface area (Å²) in [6.45, 7) is 1.46. The number of hydrogen-bond donors (Lipinski definition) is 0. The van der Waals surface area contributed by atoms with Gasteiger partial charge in [-0.05, 0) is 12.8 Å². The largest absolute Gasteiger partial charge is 0.375 e. The second-order valence-electron chi connectivity index (χ2n) is 3.41. The van der Waals surface area contributed by atoms with Crippen molar-refractivity contribution in [2.24, 2.45) is 0 Å². The highest BCUT2D eigenvalue weighted by molar-refractivity contribution is 7.93. The van der Waals surface area contributed by atoms with E-state index >= 15 is 0 Å². The third kappa shape index (κ3) is 4.67. The van der Waals surface area contributed by atoms with Crippen LogP contribution in [0.5, 0.6) is 0 Å². The van der Waals surface area contributed by atoms with Crippen LogP contribution in [0.3, 0.4) is 0 Å². The molecule has 1 saturated heterocycles. The molecule has 0 bridgehead atoms. The smallest absolute Gasteiger partial charge is 0.248 e. The monoisotopic (exact) mass is 251 g/mol. The number of ether oxygens (including phenoxy) is 1. The van der Waals surface area contributed by atoms with E-state index in [1.54, 1.807) is 11.2 Å². The van der Waals surface area contributed by atoms with Gasteiger partial charge in [-0.3, -0.25) is 4.79 Å². The maximum Gasteiger partial charge on any atom is 0.248 e. The predicted molar refractivity (Wildman–Crippen MR) is 58.2 cm³/mol. The Labute approximate surface area is 99.2 Å². The Morgan fingerprint density at radius 3 is 2.69 bits per heavy atom. The van der Waals surface area contributed by atoms with Crippen molar-refractivity contribution in [2.45, 2.75) is 18.9 Å². The third-order valence-electron chi connectivity index (χ3n) is 2.33. The number of hydrogen-bond acceptors (Lipinski definition) is 6. The quantitative estimate of drug-likeness (QED) is 0.301. The van der Waals surface area contributed by atoms with Gasteiger partial charge in [0.1, 0.15) is 6.61 Å². The Bertz CT molecular complexity index is 208. The highest BCUT2D eigenvalue weighted by Crippen LogP contribution is 2.15. The summed E-state index contributed by atoms with van der Waals surface area (Å²) < 4.78 is 9.34. The lowest BCUT2D eigenvalue weighted by molar-refractivity contribution is -0.479. The molecule has 0 atom stereocenters. The molecular weight excluding hydrogens is 234 g/mol. The number of nitrogens with zero attached hydrogens (tertiary/aromatic N) is 1. The lowest BCUT2D eigenvalue weighted by Crippen LogP contribution is -2.42. The summed E-state index contributed by atoms with van der Waals surface area (Å²) in [5, 5.41) is 4.50. The number of rotatable bonds is 6. The van der Waals surface area contributed by atoms with Crippen LogP contribution in [0.1, 0.15) is 12.8 Å². The summed E-state index contributed by atoms with van der Waals surface area (Å²) in [6, 6.07) is 0. The summed E-state index contributed by atoms with van der Waals surface area (Å²) in [7, 11) is 1.52. The molecule has 1 aliphatic heterocycles. The maximum atomic E-state index is 11.5. The molecule has 0 aromatic rings. The van der Waals surface area contributed by atoms with Crippen LogP contribution in [-0.2, 0) is 23.8 Å². The normalized spacial score (nSPS) is 17.8. The molecule has 16 heavy (non-hydrogen) atoms. The van der Waals surface area contributed by atoms with E-state index in [2.05, 4.69) is 9.37 Å². The van der Waals surface area contributed by atoms with E-state index in [0.717, 1.165) is 24.9 Å². The van der Waals surface area contributed by atoms with E-state index in [-0.39, 0.29) is 18.6 Å². The fraction of sp³-hybridized carbons (Fsp3) is 0.889. The highest BCUT2D eigenvalue weighted by atomic mass is 32.2. The van der Waals surface area contributed by atoms with Gasteiger partial charge in [-0.1, -0.05) is 5.04 Å². The average molecular weight is 251 g/mol. The van der Waals surface area contributed by atoms with Crippen LogP contribution >= 0.6 is 12.0 Å². The van der Waals surface area contributed by atoms with Crippen LogP contribution < -0.4 is 0 Å². The van der Waals surface area contributed by atoms with Gasteiger partial charge in [-0.25, -0.2) is 4.89 Å². The molecule has 0 spiro atoms. The van der Waals surface area contributed by atoms with E-state index in [0.29, 0.717) is 13.1 Å². The SMILES string of the molecule is COCC(=O)N1CCC(OOOSC)CC1.